The van der Waals surface area contributed by atoms with E-state index in [1.165, 1.54) is 19.3 Å². The summed E-state index contributed by atoms with van der Waals surface area (Å²) >= 11 is 0. The number of nitrogen functional groups attached to an aromatic ring is 1. The van der Waals surface area contributed by atoms with Crippen molar-refractivity contribution >= 4 is 29.1 Å². The van der Waals surface area contributed by atoms with Crippen LogP contribution in [0.5, 0.6) is 0 Å². The maximum Gasteiger partial charge on any atom is 0.145 e. The molecule has 0 spiro atoms. The zero-order chi connectivity index (χ0) is 14.7. The van der Waals surface area contributed by atoms with Gasteiger partial charge in [-0.2, -0.15) is 0 Å². The number of halogens is 1. The lowest BCUT2D eigenvalue weighted by molar-refractivity contribution is 0.131. The molecule has 3 rings (SSSR count). The Morgan fingerprint density at radius 1 is 1.18 bits per heavy atom. The molecule has 120 valence electrons. The molecule has 1 unspecified atom stereocenters. The van der Waals surface area contributed by atoms with Crippen molar-refractivity contribution in [3.63, 3.8) is 0 Å². The molecular weight excluding hydrogens is 298 g/mol. The highest BCUT2D eigenvalue weighted by Crippen LogP contribution is 2.22. The molecule has 2 aromatic rings. The molecule has 1 aliphatic heterocycles. The Labute approximate surface area is 137 Å². The van der Waals surface area contributed by atoms with Gasteiger partial charge < -0.3 is 11.5 Å². The summed E-state index contributed by atoms with van der Waals surface area (Å²) in [5.41, 5.74) is 12.7. The molecule has 1 aromatic heterocycles. The standard InChI is InChI=1S/C16H23N5.ClH/c17-9-8-12-5-3-4-10-21(12)11-15-19-14-7-2-1-6-13(14)16(18)20-15;/h1-2,6-7,12H,3-5,8-11,17H2,(H2,18,19,20);1H. The SMILES string of the molecule is Cl.NCCC1CCCCN1Cc1nc(N)c2ccccc2n1. The number of benzene rings is 1. The van der Waals surface area contributed by atoms with Crippen molar-refractivity contribution in [2.24, 2.45) is 5.73 Å². The Kier molecular flexibility index (Phi) is 5.94. The fourth-order valence-electron chi connectivity index (χ4n) is 3.19. The number of aromatic nitrogens is 2. The van der Waals surface area contributed by atoms with Crippen LogP contribution in [0.2, 0.25) is 0 Å². The molecule has 1 fully saturated rings. The van der Waals surface area contributed by atoms with Gasteiger partial charge in [0.2, 0.25) is 0 Å². The van der Waals surface area contributed by atoms with Crippen LogP contribution in [0, 0.1) is 0 Å². The van der Waals surface area contributed by atoms with Gasteiger partial charge >= 0.3 is 0 Å². The zero-order valence-electron chi connectivity index (χ0n) is 12.7. The molecule has 0 amide bonds. The second kappa shape index (κ2) is 7.72. The molecule has 2 heterocycles. The molecule has 1 aliphatic rings. The molecule has 0 aliphatic carbocycles. The number of likely N-dealkylation sites (tertiary alicyclic amines) is 1. The van der Waals surface area contributed by atoms with Crippen molar-refractivity contribution in [2.75, 3.05) is 18.8 Å². The second-order valence-electron chi connectivity index (χ2n) is 5.74. The normalized spacial score (nSPS) is 19.0. The van der Waals surface area contributed by atoms with E-state index in [9.17, 15) is 0 Å². The first-order valence-electron chi connectivity index (χ1n) is 7.73. The van der Waals surface area contributed by atoms with Gasteiger partial charge in [-0.3, -0.25) is 4.90 Å². The van der Waals surface area contributed by atoms with Crippen LogP contribution in [0.15, 0.2) is 24.3 Å². The number of fused-ring (bicyclic) bond motifs is 1. The van der Waals surface area contributed by atoms with E-state index in [4.69, 9.17) is 11.5 Å². The van der Waals surface area contributed by atoms with E-state index >= 15 is 0 Å². The average molecular weight is 322 g/mol. The largest absolute Gasteiger partial charge is 0.383 e. The van der Waals surface area contributed by atoms with Gasteiger partial charge in [-0.05, 0) is 44.5 Å². The highest BCUT2D eigenvalue weighted by atomic mass is 35.5. The Balaban J connectivity index is 0.00000176. The highest BCUT2D eigenvalue weighted by Gasteiger charge is 2.22. The minimum atomic E-state index is 0. The van der Waals surface area contributed by atoms with Gasteiger partial charge in [0.05, 0.1) is 12.1 Å². The van der Waals surface area contributed by atoms with Crippen molar-refractivity contribution < 1.29 is 0 Å². The van der Waals surface area contributed by atoms with E-state index in [1.807, 2.05) is 24.3 Å². The summed E-state index contributed by atoms with van der Waals surface area (Å²) in [6.45, 7) is 2.60. The summed E-state index contributed by atoms with van der Waals surface area (Å²) in [5.74, 6) is 1.39. The lowest BCUT2D eigenvalue weighted by Crippen LogP contribution is -2.40. The number of nitrogens with two attached hydrogens (primary N) is 2. The predicted molar refractivity (Wildman–Crippen MR) is 92.9 cm³/mol. The lowest BCUT2D eigenvalue weighted by Gasteiger charge is -2.35. The number of piperidine rings is 1. The maximum absolute atomic E-state index is 6.07. The van der Waals surface area contributed by atoms with Crippen LogP contribution in [-0.2, 0) is 6.54 Å². The van der Waals surface area contributed by atoms with Crippen LogP contribution < -0.4 is 11.5 Å². The second-order valence-corrected chi connectivity index (χ2v) is 5.74. The molecule has 5 nitrogen and oxygen atoms in total. The minimum absolute atomic E-state index is 0. The first-order valence-corrected chi connectivity index (χ1v) is 7.73. The Morgan fingerprint density at radius 3 is 2.82 bits per heavy atom. The molecule has 0 radical (unpaired) electrons. The molecule has 0 bridgehead atoms. The van der Waals surface area contributed by atoms with E-state index in [-0.39, 0.29) is 12.4 Å². The van der Waals surface area contributed by atoms with Crippen LogP contribution in [0.4, 0.5) is 5.82 Å². The fraction of sp³-hybridized carbons (Fsp3) is 0.500. The summed E-state index contributed by atoms with van der Waals surface area (Å²) in [7, 11) is 0. The van der Waals surface area contributed by atoms with Gasteiger partial charge in [0.1, 0.15) is 11.6 Å². The van der Waals surface area contributed by atoms with Crippen LogP contribution in [0.3, 0.4) is 0 Å². The third-order valence-corrected chi connectivity index (χ3v) is 4.27. The summed E-state index contributed by atoms with van der Waals surface area (Å²) < 4.78 is 0. The number of para-hydroxylation sites is 1. The molecule has 0 saturated carbocycles. The van der Waals surface area contributed by atoms with Gasteiger partial charge in [0, 0.05) is 11.4 Å². The van der Waals surface area contributed by atoms with E-state index in [0.29, 0.717) is 11.9 Å². The van der Waals surface area contributed by atoms with Crippen molar-refractivity contribution in [2.45, 2.75) is 38.3 Å². The fourth-order valence-corrected chi connectivity index (χ4v) is 3.19. The molecule has 6 heteroatoms. The minimum Gasteiger partial charge on any atom is -0.383 e. The smallest absolute Gasteiger partial charge is 0.145 e. The maximum atomic E-state index is 6.07. The average Bonchev–Trinajstić information content (AvgIpc) is 2.50. The number of hydrogen-bond donors (Lipinski definition) is 2. The number of nitrogens with zero attached hydrogens (tertiary/aromatic N) is 3. The van der Waals surface area contributed by atoms with Gasteiger partial charge in [0.25, 0.3) is 0 Å². The van der Waals surface area contributed by atoms with Crippen molar-refractivity contribution in [3.05, 3.63) is 30.1 Å². The number of rotatable bonds is 4. The predicted octanol–water partition coefficient (Wildman–Crippen LogP) is 2.34. The first-order chi connectivity index (χ1) is 10.3. The number of hydrogen-bond acceptors (Lipinski definition) is 5. The molecule has 1 aromatic carbocycles. The number of anilines is 1. The zero-order valence-corrected chi connectivity index (χ0v) is 13.6. The van der Waals surface area contributed by atoms with E-state index < -0.39 is 0 Å². The first kappa shape index (κ1) is 16.9. The highest BCUT2D eigenvalue weighted by molar-refractivity contribution is 5.87. The van der Waals surface area contributed by atoms with E-state index in [0.717, 1.165) is 42.8 Å². The molecule has 1 atom stereocenters. The summed E-state index contributed by atoms with van der Waals surface area (Å²) in [6.07, 6.45) is 4.80. The third-order valence-electron chi connectivity index (χ3n) is 4.27. The topological polar surface area (TPSA) is 81.1 Å². The van der Waals surface area contributed by atoms with E-state index in [1.54, 1.807) is 0 Å². The van der Waals surface area contributed by atoms with Crippen LogP contribution >= 0.6 is 12.4 Å². The van der Waals surface area contributed by atoms with Gasteiger partial charge in [-0.1, -0.05) is 18.6 Å². The molecule has 22 heavy (non-hydrogen) atoms. The van der Waals surface area contributed by atoms with Gasteiger partial charge in [-0.25, -0.2) is 9.97 Å². The Hall–Kier alpha value is -1.43. The Morgan fingerprint density at radius 2 is 2.00 bits per heavy atom. The van der Waals surface area contributed by atoms with Crippen molar-refractivity contribution in [1.29, 1.82) is 0 Å². The van der Waals surface area contributed by atoms with Crippen LogP contribution in [0.25, 0.3) is 10.9 Å². The van der Waals surface area contributed by atoms with Crippen LogP contribution in [0.1, 0.15) is 31.5 Å². The third kappa shape index (κ3) is 3.66. The molecule has 4 N–H and O–H groups in total. The lowest BCUT2D eigenvalue weighted by atomic mass is 9.99. The van der Waals surface area contributed by atoms with Crippen LogP contribution in [-0.4, -0.2) is 34.0 Å². The summed E-state index contributed by atoms with van der Waals surface area (Å²) in [4.78, 5) is 11.6. The van der Waals surface area contributed by atoms with Crippen molar-refractivity contribution in [3.8, 4) is 0 Å². The summed E-state index contributed by atoms with van der Waals surface area (Å²) in [5, 5.41) is 0.929. The monoisotopic (exact) mass is 321 g/mol. The molecule has 1 saturated heterocycles. The quantitative estimate of drug-likeness (QED) is 0.903. The molecular formula is C16H24ClN5. The van der Waals surface area contributed by atoms with Crippen molar-refractivity contribution in [1.82, 2.24) is 14.9 Å². The van der Waals surface area contributed by atoms with Gasteiger partial charge in [-0.15, -0.1) is 12.4 Å². The van der Waals surface area contributed by atoms with Gasteiger partial charge in [0.15, 0.2) is 0 Å². The summed E-state index contributed by atoms with van der Waals surface area (Å²) in [6, 6.07) is 8.46. The van der Waals surface area contributed by atoms with E-state index in [2.05, 4.69) is 14.9 Å². The Bertz CT molecular complexity index is 617.